The van der Waals surface area contributed by atoms with E-state index in [4.69, 9.17) is 14.5 Å². The molecule has 1 N–H and O–H groups in total. The zero-order valence-electron chi connectivity index (χ0n) is 14.2. The van der Waals surface area contributed by atoms with E-state index in [-0.39, 0.29) is 5.97 Å². The number of hydrogen-bond donors (Lipinski definition) is 1. The first-order chi connectivity index (χ1) is 9.67. The van der Waals surface area contributed by atoms with Crippen LogP contribution in [0.1, 0.15) is 67.2 Å². The Morgan fingerprint density at radius 2 is 1.90 bits per heavy atom. The lowest BCUT2D eigenvalue weighted by Gasteiger charge is -2.46. The SMILES string of the molecule is CCCCC(C(=O)OCC)(C(C)(C)CC(C)O)C1(C)OO1. The molecule has 0 bridgehead atoms. The van der Waals surface area contributed by atoms with Crippen molar-refractivity contribution in [1.29, 1.82) is 0 Å². The molecule has 0 radical (unpaired) electrons. The van der Waals surface area contributed by atoms with Gasteiger partial charge in [-0.3, -0.25) is 4.79 Å². The number of carbonyl (C=O) groups excluding carboxylic acids is 1. The van der Waals surface area contributed by atoms with Crippen molar-refractivity contribution < 1.29 is 24.4 Å². The van der Waals surface area contributed by atoms with Crippen molar-refractivity contribution in [3.8, 4) is 0 Å². The number of carbonyl (C=O) groups is 1. The van der Waals surface area contributed by atoms with Gasteiger partial charge in [0.2, 0.25) is 5.79 Å². The van der Waals surface area contributed by atoms with Crippen LogP contribution in [0.4, 0.5) is 0 Å². The molecule has 1 rings (SSSR count). The highest BCUT2D eigenvalue weighted by Crippen LogP contribution is 2.60. The van der Waals surface area contributed by atoms with Gasteiger partial charge in [0, 0.05) is 0 Å². The van der Waals surface area contributed by atoms with Gasteiger partial charge < -0.3 is 9.84 Å². The molecular weight excluding hydrogens is 272 g/mol. The fourth-order valence-electron chi connectivity index (χ4n) is 3.56. The Labute approximate surface area is 127 Å². The molecule has 2 unspecified atom stereocenters. The van der Waals surface area contributed by atoms with Crippen molar-refractivity contribution in [3.63, 3.8) is 0 Å². The molecule has 21 heavy (non-hydrogen) atoms. The number of hydrogen-bond acceptors (Lipinski definition) is 5. The summed E-state index contributed by atoms with van der Waals surface area (Å²) in [7, 11) is 0. The molecular formula is C16H30O5. The maximum atomic E-state index is 12.8. The van der Waals surface area contributed by atoms with Gasteiger partial charge in [-0.05, 0) is 39.0 Å². The molecule has 0 spiro atoms. The van der Waals surface area contributed by atoms with Crippen molar-refractivity contribution in [2.24, 2.45) is 10.8 Å². The Bertz CT molecular complexity index is 360. The van der Waals surface area contributed by atoms with E-state index in [1.807, 2.05) is 13.8 Å². The monoisotopic (exact) mass is 302 g/mol. The average Bonchev–Trinajstić information content (AvgIpc) is 3.07. The quantitative estimate of drug-likeness (QED) is 0.402. The van der Waals surface area contributed by atoms with Crippen LogP contribution in [0.25, 0.3) is 0 Å². The predicted molar refractivity (Wildman–Crippen MR) is 79.2 cm³/mol. The van der Waals surface area contributed by atoms with Crippen molar-refractivity contribution in [2.45, 2.75) is 79.1 Å². The summed E-state index contributed by atoms with van der Waals surface area (Å²) < 4.78 is 5.36. The van der Waals surface area contributed by atoms with E-state index >= 15 is 0 Å². The summed E-state index contributed by atoms with van der Waals surface area (Å²) in [6, 6.07) is 0. The number of ether oxygens (including phenoxy) is 1. The Hall–Kier alpha value is -0.650. The first-order valence-electron chi connectivity index (χ1n) is 7.89. The minimum absolute atomic E-state index is 0.302. The van der Waals surface area contributed by atoms with Crippen LogP contribution in [0.3, 0.4) is 0 Å². The highest BCUT2D eigenvalue weighted by Gasteiger charge is 2.72. The van der Waals surface area contributed by atoms with Gasteiger partial charge in [0.25, 0.3) is 0 Å². The van der Waals surface area contributed by atoms with Gasteiger partial charge in [-0.1, -0.05) is 33.6 Å². The molecule has 0 amide bonds. The van der Waals surface area contributed by atoms with Gasteiger partial charge >= 0.3 is 5.97 Å². The molecule has 1 heterocycles. The fourth-order valence-corrected chi connectivity index (χ4v) is 3.56. The number of rotatable bonds is 9. The lowest BCUT2D eigenvalue weighted by atomic mass is 9.57. The first-order valence-corrected chi connectivity index (χ1v) is 7.89. The van der Waals surface area contributed by atoms with Crippen LogP contribution < -0.4 is 0 Å². The number of esters is 1. The first kappa shape index (κ1) is 18.4. The van der Waals surface area contributed by atoms with Crippen molar-refractivity contribution in [2.75, 3.05) is 6.61 Å². The number of unbranched alkanes of at least 4 members (excludes halogenated alkanes) is 1. The molecule has 0 aromatic carbocycles. The van der Waals surface area contributed by atoms with Gasteiger partial charge in [-0.15, -0.1) is 0 Å². The third kappa shape index (κ3) is 3.41. The van der Waals surface area contributed by atoms with Gasteiger partial charge in [0.1, 0.15) is 5.41 Å². The zero-order chi connectivity index (χ0) is 16.3. The molecule has 0 aliphatic carbocycles. The summed E-state index contributed by atoms with van der Waals surface area (Å²) in [5, 5.41) is 9.84. The van der Waals surface area contributed by atoms with Gasteiger partial charge in [0.15, 0.2) is 0 Å². The molecule has 2 atom stereocenters. The molecule has 5 heteroatoms. The minimum Gasteiger partial charge on any atom is -0.465 e. The van der Waals surface area contributed by atoms with E-state index in [2.05, 4.69) is 6.92 Å². The smallest absolute Gasteiger partial charge is 0.318 e. The summed E-state index contributed by atoms with van der Waals surface area (Å²) >= 11 is 0. The van der Waals surface area contributed by atoms with Crippen molar-refractivity contribution in [3.05, 3.63) is 0 Å². The highest BCUT2D eigenvalue weighted by atomic mass is 17.4. The Morgan fingerprint density at radius 3 is 2.29 bits per heavy atom. The van der Waals surface area contributed by atoms with Gasteiger partial charge in [0.05, 0.1) is 12.7 Å². The van der Waals surface area contributed by atoms with Crippen LogP contribution in [-0.2, 0) is 19.3 Å². The minimum atomic E-state index is -0.979. The summed E-state index contributed by atoms with van der Waals surface area (Å²) in [6.07, 6.45) is 2.39. The lowest BCUT2D eigenvalue weighted by Crippen LogP contribution is -2.55. The van der Waals surface area contributed by atoms with Crippen LogP contribution in [0.5, 0.6) is 0 Å². The van der Waals surface area contributed by atoms with Crippen LogP contribution >= 0.6 is 0 Å². The predicted octanol–water partition coefficient (Wildman–Crippen LogP) is 3.20. The summed E-state index contributed by atoms with van der Waals surface area (Å²) in [6.45, 7) is 11.6. The Kier molecular flexibility index (Phi) is 5.81. The zero-order valence-corrected chi connectivity index (χ0v) is 14.2. The highest BCUT2D eigenvalue weighted by molar-refractivity contribution is 5.79. The standard InChI is InChI=1S/C16H30O5/c1-7-9-10-16(13(18)19-8-2,15(6)20-21-15)14(4,5)11-12(3)17/h12,17H,7-11H2,1-6H3. The van der Waals surface area contributed by atoms with Crippen LogP contribution in [0.15, 0.2) is 0 Å². The summed E-state index contributed by atoms with van der Waals surface area (Å²) in [4.78, 5) is 23.2. The maximum Gasteiger partial charge on any atom is 0.318 e. The van der Waals surface area contributed by atoms with E-state index in [9.17, 15) is 9.90 Å². The van der Waals surface area contributed by atoms with Gasteiger partial charge in [-0.25, -0.2) is 0 Å². The second-order valence-electron chi connectivity index (χ2n) is 6.78. The van der Waals surface area contributed by atoms with Crippen LogP contribution in [0.2, 0.25) is 0 Å². The normalized spacial score (nSPS) is 21.5. The van der Waals surface area contributed by atoms with Gasteiger partial charge in [-0.2, -0.15) is 9.78 Å². The summed E-state index contributed by atoms with van der Waals surface area (Å²) in [5.74, 6) is -1.28. The van der Waals surface area contributed by atoms with Crippen molar-refractivity contribution >= 4 is 5.97 Å². The van der Waals surface area contributed by atoms with E-state index < -0.39 is 22.7 Å². The largest absolute Gasteiger partial charge is 0.465 e. The molecule has 0 aromatic rings. The van der Waals surface area contributed by atoms with Crippen molar-refractivity contribution in [1.82, 2.24) is 0 Å². The second-order valence-corrected chi connectivity index (χ2v) is 6.78. The number of aliphatic hydroxyl groups excluding tert-OH is 1. The van der Waals surface area contributed by atoms with E-state index in [1.165, 1.54) is 0 Å². The summed E-state index contributed by atoms with van der Waals surface area (Å²) in [5.41, 5.74) is -1.45. The molecule has 124 valence electrons. The second kappa shape index (κ2) is 6.63. The molecule has 5 nitrogen and oxygen atoms in total. The number of aliphatic hydroxyl groups is 1. The third-order valence-electron chi connectivity index (χ3n) is 4.60. The van der Waals surface area contributed by atoms with E-state index in [0.717, 1.165) is 12.8 Å². The molecule has 1 aliphatic heterocycles. The molecule has 0 saturated carbocycles. The van der Waals surface area contributed by atoms with Crippen LogP contribution in [-0.4, -0.2) is 29.6 Å². The Morgan fingerprint density at radius 1 is 1.33 bits per heavy atom. The molecule has 1 fully saturated rings. The van der Waals surface area contributed by atoms with E-state index in [0.29, 0.717) is 19.4 Å². The maximum absolute atomic E-state index is 12.8. The van der Waals surface area contributed by atoms with E-state index in [1.54, 1.807) is 20.8 Å². The lowest BCUT2D eigenvalue weighted by molar-refractivity contribution is -0.176. The molecule has 0 aromatic heterocycles. The average molecular weight is 302 g/mol. The fraction of sp³-hybridized carbons (Fsp3) is 0.938. The molecule has 1 aliphatic rings. The third-order valence-corrected chi connectivity index (χ3v) is 4.60. The topological polar surface area (TPSA) is 71.6 Å². The molecule has 1 saturated heterocycles. The van der Waals surface area contributed by atoms with Crippen LogP contribution in [0, 0.1) is 10.8 Å². The Balaban J connectivity index is 3.26.